The number of rotatable bonds is 7. The largest absolute Gasteiger partial charge is 0.491 e. The van der Waals surface area contributed by atoms with Crippen molar-refractivity contribution in [3.05, 3.63) is 60.2 Å². The van der Waals surface area contributed by atoms with Crippen LogP contribution in [0, 0.1) is 0 Å². The first-order chi connectivity index (χ1) is 10.1. The number of ether oxygens (including phenoxy) is 1. The summed E-state index contributed by atoms with van der Waals surface area (Å²) in [6.45, 7) is 2.17. The Morgan fingerprint density at radius 1 is 0.905 bits per heavy atom. The van der Waals surface area contributed by atoms with E-state index in [0.717, 1.165) is 12.0 Å². The molecule has 21 heavy (non-hydrogen) atoms. The second kappa shape index (κ2) is 7.24. The highest BCUT2D eigenvalue weighted by Crippen LogP contribution is 2.14. The van der Waals surface area contributed by atoms with E-state index in [-0.39, 0.29) is 18.1 Å². The molecule has 0 bridgehead atoms. The van der Waals surface area contributed by atoms with Crippen molar-refractivity contribution in [2.75, 3.05) is 13.2 Å². The molecule has 2 aromatic rings. The average molecular weight is 306 g/mol. The van der Waals surface area contributed by atoms with Gasteiger partial charge < -0.3 is 4.74 Å². The summed E-state index contributed by atoms with van der Waals surface area (Å²) >= 11 is 0. The van der Waals surface area contributed by atoms with Crippen molar-refractivity contribution in [2.24, 2.45) is 0 Å². The molecule has 0 aliphatic rings. The zero-order valence-corrected chi connectivity index (χ0v) is 12.7. The molecular weight excluding hydrogens is 288 g/mol. The van der Waals surface area contributed by atoms with Gasteiger partial charge in [0.15, 0.2) is 0 Å². The van der Waals surface area contributed by atoms with Gasteiger partial charge in [0, 0.05) is 0 Å². The van der Waals surface area contributed by atoms with Crippen LogP contribution in [0.15, 0.2) is 59.5 Å². The number of benzene rings is 2. The van der Waals surface area contributed by atoms with Gasteiger partial charge in [-0.2, -0.15) is 8.42 Å². The van der Waals surface area contributed by atoms with E-state index >= 15 is 0 Å². The van der Waals surface area contributed by atoms with Gasteiger partial charge in [-0.15, -0.1) is 0 Å². The van der Waals surface area contributed by atoms with Gasteiger partial charge in [-0.1, -0.05) is 37.3 Å². The molecular formula is C16H18O4S. The van der Waals surface area contributed by atoms with Crippen LogP contribution in [-0.4, -0.2) is 21.6 Å². The highest BCUT2D eigenvalue weighted by Gasteiger charge is 2.14. The van der Waals surface area contributed by atoms with Crippen LogP contribution in [0.1, 0.15) is 12.5 Å². The predicted molar refractivity (Wildman–Crippen MR) is 80.9 cm³/mol. The van der Waals surface area contributed by atoms with Crippen LogP contribution < -0.4 is 4.74 Å². The third-order valence-corrected chi connectivity index (χ3v) is 4.28. The molecule has 4 nitrogen and oxygen atoms in total. The lowest BCUT2D eigenvalue weighted by Crippen LogP contribution is -2.13. The van der Waals surface area contributed by atoms with Crippen LogP contribution in [0.5, 0.6) is 5.75 Å². The molecule has 0 saturated heterocycles. The molecule has 0 saturated carbocycles. The molecule has 0 atom stereocenters. The number of para-hydroxylation sites is 1. The molecule has 0 heterocycles. The fraction of sp³-hybridized carbons (Fsp3) is 0.250. The second-order valence-corrected chi connectivity index (χ2v) is 6.05. The fourth-order valence-corrected chi connectivity index (χ4v) is 2.67. The summed E-state index contributed by atoms with van der Waals surface area (Å²) in [6, 6.07) is 15.9. The Bertz CT molecular complexity index is 648. The van der Waals surface area contributed by atoms with E-state index in [0.29, 0.717) is 5.75 Å². The lowest BCUT2D eigenvalue weighted by atomic mass is 10.2. The maximum absolute atomic E-state index is 12.0. The molecule has 0 amide bonds. The van der Waals surface area contributed by atoms with E-state index in [9.17, 15) is 8.42 Å². The molecule has 0 unspecified atom stereocenters. The van der Waals surface area contributed by atoms with E-state index in [2.05, 4.69) is 0 Å². The Labute approximate surface area is 125 Å². The molecule has 0 radical (unpaired) electrons. The summed E-state index contributed by atoms with van der Waals surface area (Å²) in [5, 5.41) is 0. The molecule has 0 N–H and O–H groups in total. The normalized spacial score (nSPS) is 11.3. The molecule has 0 aromatic heterocycles. The standard InChI is InChI=1S/C16H18O4S/c1-2-14-8-10-16(11-9-14)21(17,18)20-13-12-19-15-6-4-3-5-7-15/h3-11H,2,12-13H2,1H3. The van der Waals surface area contributed by atoms with E-state index in [1.807, 2.05) is 25.1 Å². The van der Waals surface area contributed by atoms with Gasteiger partial charge in [0.25, 0.3) is 10.1 Å². The van der Waals surface area contributed by atoms with Gasteiger partial charge in [-0.25, -0.2) is 0 Å². The first kappa shape index (κ1) is 15.5. The molecule has 0 aliphatic carbocycles. The molecule has 5 heteroatoms. The van der Waals surface area contributed by atoms with Crippen molar-refractivity contribution in [2.45, 2.75) is 18.2 Å². The molecule has 0 aliphatic heterocycles. The molecule has 0 spiro atoms. The molecule has 2 rings (SSSR count). The summed E-state index contributed by atoms with van der Waals surface area (Å²) in [5.74, 6) is 0.686. The van der Waals surface area contributed by atoms with E-state index in [1.165, 1.54) is 0 Å². The van der Waals surface area contributed by atoms with Crippen molar-refractivity contribution in [3.8, 4) is 5.75 Å². The van der Waals surface area contributed by atoms with Gasteiger partial charge >= 0.3 is 0 Å². The third-order valence-electron chi connectivity index (χ3n) is 2.95. The van der Waals surface area contributed by atoms with E-state index < -0.39 is 10.1 Å². The quantitative estimate of drug-likeness (QED) is 0.583. The Kier molecular flexibility index (Phi) is 5.36. The van der Waals surface area contributed by atoms with E-state index in [4.69, 9.17) is 8.92 Å². The lowest BCUT2D eigenvalue weighted by molar-refractivity contribution is 0.221. The summed E-state index contributed by atoms with van der Waals surface area (Å²) in [5.41, 5.74) is 1.08. The summed E-state index contributed by atoms with van der Waals surface area (Å²) < 4.78 is 34.3. The molecule has 0 fully saturated rings. The lowest BCUT2D eigenvalue weighted by Gasteiger charge is -2.08. The second-order valence-electron chi connectivity index (χ2n) is 4.44. The Morgan fingerprint density at radius 2 is 1.57 bits per heavy atom. The molecule has 2 aromatic carbocycles. The Balaban J connectivity index is 1.86. The van der Waals surface area contributed by atoms with Crippen LogP contribution in [0.3, 0.4) is 0 Å². The Morgan fingerprint density at radius 3 is 2.19 bits per heavy atom. The van der Waals surface area contributed by atoms with Crippen LogP contribution in [0.2, 0.25) is 0 Å². The van der Waals surface area contributed by atoms with Gasteiger partial charge in [0.2, 0.25) is 0 Å². The number of aryl methyl sites for hydroxylation is 1. The summed E-state index contributed by atoms with van der Waals surface area (Å²) in [4.78, 5) is 0.166. The van der Waals surface area contributed by atoms with Gasteiger partial charge in [-0.3, -0.25) is 4.18 Å². The highest BCUT2D eigenvalue weighted by molar-refractivity contribution is 7.86. The fourth-order valence-electron chi connectivity index (χ4n) is 1.78. The topological polar surface area (TPSA) is 52.6 Å². The van der Waals surface area contributed by atoms with Gasteiger partial charge in [0.1, 0.15) is 19.0 Å². The van der Waals surface area contributed by atoms with E-state index in [1.54, 1.807) is 36.4 Å². The Hall–Kier alpha value is -1.85. The highest BCUT2D eigenvalue weighted by atomic mass is 32.2. The average Bonchev–Trinajstić information content (AvgIpc) is 2.53. The van der Waals surface area contributed by atoms with Crippen LogP contribution >= 0.6 is 0 Å². The van der Waals surface area contributed by atoms with Crippen LogP contribution in [-0.2, 0) is 20.7 Å². The maximum Gasteiger partial charge on any atom is 0.297 e. The minimum atomic E-state index is -3.72. The first-order valence-electron chi connectivity index (χ1n) is 6.78. The zero-order chi connectivity index (χ0) is 15.1. The monoisotopic (exact) mass is 306 g/mol. The smallest absolute Gasteiger partial charge is 0.297 e. The van der Waals surface area contributed by atoms with Crippen molar-refractivity contribution >= 4 is 10.1 Å². The summed E-state index contributed by atoms with van der Waals surface area (Å²) in [6.07, 6.45) is 0.867. The third kappa shape index (κ3) is 4.58. The number of hydrogen-bond donors (Lipinski definition) is 0. The van der Waals surface area contributed by atoms with Gasteiger partial charge in [0.05, 0.1) is 4.90 Å². The van der Waals surface area contributed by atoms with Crippen molar-refractivity contribution < 1.29 is 17.3 Å². The van der Waals surface area contributed by atoms with Gasteiger partial charge in [-0.05, 0) is 36.2 Å². The zero-order valence-electron chi connectivity index (χ0n) is 11.9. The van der Waals surface area contributed by atoms with Crippen molar-refractivity contribution in [1.29, 1.82) is 0 Å². The van der Waals surface area contributed by atoms with Crippen LogP contribution in [0.25, 0.3) is 0 Å². The summed E-state index contributed by atoms with van der Waals surface area (Å²) in [7, 11) is -3.72. The van der Waals surface area contributed by atoms with Crippen molar-refractivity contribution in [1.82, 2.24) is 0 Å². The SMILES string of the molecule is CCc1ccc(S(=O)(=O)OCCOc2ccccc2)cc1. The first-order valence-corrected chi connectivity index (χ1v) is 8.19. The minimum Gasteiger partial charge on any atom is -0.491 e. The van der Waals surface area contributed by atoms with Crippen molar-refractivity contribution in [3.63, 3.8) is 0 Å². The van der Waals surface area contributed by atoms with Crippen LogP contribution in [0.4, 0.5) is 0 Å². The maximum atomic E-state index is 12.0. The molecule has 112 valence electrons. The minimum absolute atomic E-state index is 0.0211. The predicted octanol–water partition coefficient (Wildman–Crippen LogP) is 3.03. The number of hydrogen-bond acceptors (Lipinski definition) is 4.